The molecule has 2 N–H and O–H groups in total. The zero-order valence-electron chi connectivity index (χ0n) is 11.8. The standard InChI is InChI=1S/C13H22N4O2/c1-13(2,3)19-12(18)16-5-4-6-17-9-15-10(7-14)11(17)8-16/h9H,4-8,14H2,1-3H3. The summed E-state index contributed by atoms with van der Waals surface area (Å²) in [7, 11) is 0. The normalized spacial score (nSPS) is 15.9. The van der Waals surface area contributed by atoms with Crippen LogP contribution in [0.5, 0.6) is 0 Å². The lowest BCUT2D eigenvalue weighted by molar-refractivity contribution is 0.0236. The molecule has 0 bridgehead atoms. The monoisotopic (exact) mass is 266 g/mol. The van der Waals surface area contributed by atoms with Crippen molar-refractivity contribution in [2.24, 2.45) is 5.73 Å². The van der Waals surface area contributed by atoms with Gasteiger partial charge in [-0.3, -0.25) is 0 Å². The molecule has 1 aliphatic rings. The summed E-state index contributed by atoms with van der Waals surface area (Å²) in [6.45, 7) is 8.09. The van der Waals surface area contributed by atoms with Crippen molar-refractivity contribution >= 4 is 6.09 Å². The zero-order chi connectivity index (χ0) is 14.0. The minimum Gasteiger partial charge on any atom is -0.444 e. The second-order valence-electron chi connectivity index (χ2n) is 5.79. The molecule has 106 valence electrons. The molecular formula is C13H22N4O2. The van der Waals surface area contributed by atoms with Gasteiger partial charge in [0.25, 0.3) is 0 Å². The second kappa shape index (κ2) is 5.21. The number of nitrogens with two attached hydrogens (primary N) is 1. The Hall–Kier alpha value is -1.56. The Labute approximate surface area is 113 Å². The maximum Gasteiger partial charge on any atom is 0.410 e. The van der Waals surface area contributed by atoms with E-state index in [1.54, 1.807) is 11.2 Å². The number of hydrogen-bond acceptors (Lipinski definition) is 4. The van der Waals surface area contributed by atoms with E-state index < -0.39 is 5.60 Å². The summed E-state index contributed by atoms with van der Waals surface area (Å²) in [6, 6.07) is 0. The van der Waals surface area contributed by atoms with E-state index in [9.17, 15) is 4.79 Å². The lowest BCUT2D eigenvalue weighted by Crippen LogP contribution is -2.36. The zero-order valence-corrected chi connectivity index (χ0v) is 11.8. The fraction of sp³-hybridized carbons (Fsp3) is 0.692. The van der Waals surface area contributed by atoms with Crippen molar-refractivity contribution in [2.75, 3.05) is 6.54 Å². The quantitative estimate of drug-likeness (QED) is 0.835. The number of aromatic nitrogens is 2. The van der Waals surface area contributed by atoms with Gasteiger partial charge < -0.3 is 19.9 Å². The molecule has 0 saturated carbocycles. The molecule has 0 spiro atoms. The number of carbonyl (C=O) groups excluding carboxylic acids is 1. The van der Waals surface area contributed by atoms with Gasteiger partial charge in [-0.25, -0.2) is 9.78 Å². The Kier molecular flexibility index (Phi) is 3.80. The molecule has 2 heterocycles. The second-order valence-corrected chi connectivity index (χ2v) is 5.79. The molecule has 6 heteroatoms. The number of hydrogen-bond donors (Lipinski definition) is 1. The molecule has 0 unspecified atom stereocenters. The van der Waals surface area contributed by atoms with E-state index in [1.165, 1.54) is 0 Å². The first-order valence-electron chi connectivity index (χ1n) is 6.61. The first-order chi connectivity index (χ1) is 8.90. The minimum atomic E-state index is -0.472. The van der Waals surface area contributed by atoms with E-state index in [-0.39, 0.29) is 6.09 Å². The number of nitrogens with zero attached hydrogens (tertiary/aromatic N) is 3. The molecule has 0 atom stereocenters. The van der Waals surface area contributed by atoms with Gasteiger partial charge in [0.15, 0.2) is 0 Å². The number of ether oxygens (including phenoxy) is 1. The van der Waals surface area contributed by atoms with Gasteiger partial charge in [0.05, 0.1) is 24.3 Å². The van der Waals surface area contributed by atoms with Crippen LogP contribution in [0.4, 0.5) is 4.79 Å². The van der Waals surface area contributed by atoms with Crippen LogP contribution in [-0.2, 0) is 24.4 Å². The van der Waals surface area contributed by atoms with Crippen molar-refractivity contribution in [2.45, 2.75) is 52.4 Å². The SMILES string of the molecule is CC(C)(C)OC(=O)N1CCCn2cnc(CN)c2C1. The topological polar surface area (TPSA) is 73.4 Å². The van der Waals surface area contributed by atoms with Crippen LogP contribution in [0.2, 0.25) is 0 Å². The molecular weight excluding hydrogens is 244 g/mol. The smallest absolute Gasteiger partial charge is 0.410 e. The van der Waals surface area contributed by atoms with Crippen molar-refractivity contribution in [3.05, 3.63) is 17.7 Å². The van der Waals surface area contributed by atoms with Crippen molar-refractivity contribution in [1.29, 1.82) is 0 Å². The highest BCUT2D eigenvalue weighted by molar-refractivity contribution is 5.68. The van der Waals surface area contributed by atoms with Crippen LogP contribution in [0.1, 0.15) is 38.6 Å². The molecule has 1 aromatic heterocycles. The Bertz CT molecular complexity index is 462. The number of rotatable bonds is 1. The first-order valence-corrected chi connectivity index (χ1v) is 6.61. The Balaban J connectivity index is 2.14. The number of carbonyl (C=O) groups is 1. The van der Waals surface area contributed by atoms with E-state index in [0.717, 1.165) is 24.4 Å². The Morgan fingerprint density at radius 1 is 1.47 bits per heavy atom. The number of fused-ring (bicyclic) bond motifs is 1. The number of imidazole rings is 1. The molecule has 1 aliphatic heterocycles. The van der Waals surface area contributed by atoms with Crippen LogP contribution < -0.4 is 5.73 Å². The summed E-state index contributed by atoms with van der Waals surface area (Å²) in [4.78, 5) is 18.2. The van der Waals surface area contributed by atoms with Crippen LogP contribution in [0.25, 0.3) is 0 Å². The molecule has 0 fully saturated rings. The van der Waals surface area contributed by atoms with Gasteiger partial charge in [0, 0.05) is 19.6 Å². The third kappa shape index (κ3) is 3.26. The van der Waals surface area contributed by atoms with Crippen LogP contribution >= 0.6 is 0 Å². The number of amides is 1. The van der Waals surface area contributed by atoms with E-state index in [1.807, 2.05) is 20.8 Å². The Morgan fingerprint density at radius 2 is 2.21 bits per heavy atom. The predicted molar refractivity (Wildman–Crippen MR) is 71.4 cm³/mol. The van der Waals surface area contributed by atoms with Crippen LogP contribution in [-0.4, -0.2) is 32.7 Å². The van der Waals surface area contributed by atoms with Crippen molar-refractivity contribution in [1.82, 2.24) is 14.5 Å². The molecule has 0 aliphatic carbocycles. The highest BCUT2D eigenvalue weighted by atomic mass is 16.6. The van der Waals surface area contributed by atoms with Gasteiger partial charge in [-0.2, -0.15) is 0 Å². The van der Waals surface area contributed by atoms with E-state index >= 15 is 0 Å². The van der Waals surface area contributed by atoms with Crippen molar-refractivity contribution < 1.29 is 9.53 Å². The largest absolute Gasteiger partial charge is 0.444 e. The maximum atomic E-state index is 12.1. The summed E-state index contributed by atoms with van der Waals surface area (Å²) in [5, 5.41) is 0. The van der Waals surface area contributed by atoms with Crippen molar-refractivity contribution in [3.63, 3.8) is 0 Å². The summed E-state index contributed by atoms with van der Waals surface area (Å²) in [6.07, 6.45) is 2.42. The maximum absolute atomic E-state index is 12.1. The van der Waals surface area contributed by atoms with Gasteiger partial charge in [-0.1, -0.05) is 0 Å². The third-order valence-electron chi connectivity index (χ3n) is 3.05. The molecule has 6 nitrogen and oxygen atoms in total. The fourth-order valence-corrected chi connectivity index (χ4v) is 2.17. The summed E-state index contributed by atoms with van der Waals surface area (Å²) >= 11 is 0. The third-order valence-corrected chi connectivity index (χ3v) is 3.05. The molecule has 0 radical (unpaired) electrons. The molecule has 0 aromatic carbocycles. The summed E-state index contributed by atoms with van der Waals surface area (Å²) < 4.78 is 7.50. The van der Waals surface area contributed by atoms with Gasteiger partial charge in [-0.05, 0) is 27.2 Å². The van der Waals surface area contributed by atoms with Gasteiger partial charge >= 0.3 is 6.09 Å². The van der Waals surface area contributed by atoms with E-state index in [2.05, 4.69) is 9.55 Å². The average Bonchev–Trinajstić information content (AvgIpc) is 2.55. The average molecular weight is 266 g/mol. The molecule has 0 saturated heterocycles. The molecule has 1 aromatic rings. The fourth-order valence-electron chi connectivity index (χ4n) is 2.17. The number of aryl methyl sites for hydroxylation is 1. The predicted octanol–water partition coefficient (Wildman–Crippen LogP) is 1.48. The van der Waals surface area contributed by atoms with Crippen molar-refractivity contribution in [3.8, 4) is 0 Å². The highest BCUT2D eigenvalue weighted by Gasteiger charge is 2.25. The minimum absolute atomic E-state index is 0.273. The van der Waals surface area contributed by atoms with Gasteiger partial charge in [-0.15, -0.1) is 0 Å². The Morgan fingerprint density at radius 3 is 2.84 bits per heavy atom. The van der Waals surface area contributed by atoms with Gasteiger partial charge in [0.1, 0.15) is 5.60 Å². The van der Waals surface area contributed by atoms with Crippen LogP contribution in [0.15, 0.2) is 6.33 Å². The summed E-state index contributed by atoms with van der Waals surface area (Å²) in [5.74, 6) is 0. The van der Waals surface area contributed by atoms with Gasteiger partial charge in [0.2, 0.25) is 0 Å². The summed E-state index contributed by atoms with van der Waals surface area (Å²) in [5.41, 5.74) is 7.09. The molecule has 1 amide bonds. The first kappa shape index (κ1) is 13.9. The lowest BCUT2D eigenvalue weighted by atomic mass is 10.2. The highest BCUT2D eigenvalue weighted by Crippen LogP contribution is 2.18. The van der Waals surface area contributed by atoms with Crippen LogP contribution in [0.3, 0.4) is 0 Å². The van der Waals surface area contributed by atoms with E-state index in [0.29, 0.717) is 19.6 Å². The lowest BCUT2D eigenvalue weighted by Gasteiger charge is -2.26. The van der Waals surface area contributed by atoms with Crippen LogP contribution in [0, 0.1) is 0 Å². The van der Waals surface area contributed by atoms with E-state index in [4.69, 9.17) is 10.5 Å². The molecule has 19 heavy (non-hydrogen) atoms. The molecule has 2 rings (SSSR count).